The minimum absolute atomic E-state index is 0.166. The fourth-order valence-electron chi connectivity index (χ4n) is 2.39. The number of aromatic nitrogens is 3. The van der Waals surface area contributed by atoms with Crippen LogP contribution >= 0.6 is 22.7 Å². The van der Waals surface area contributed by atoms with Crippen molar-refractivity contribution in [3.8, 4) is 0 Å². The molecule has 0 spiro atoms. The lowest BCUT2D eigenvalue weighted by atomic mass is 10.2. The molecule has 0 aliphatic carbocycles. The number of H-pyrrole nitrogens is 1. The summed E-state index contributed by atoms with van der Waals surface area (Å²) in [7, 11) is 0. The van der Waals surface area contributed by atoms with Crippen LogP contribution in [0.15, 0.2) is 48.0 Å². The summed E-state index contributed by atoms with van der Waals surface area (Å²) in [6, 6.07) is 11.4. The molecule has 0 saturated carbocycles. The summed E-state index contributed by atoms with van der Waals surface area (Å²) >= 11 is 2.54. The van der Waals surface area contributed by atoms with E-state index >= 15 is 0 Å². The van der Waals surface area contributed by atoms with Crippen LogP contribution in [0.5, 0.6) is 0 Å². The zero-order chi connectivity index (χ0) is 17.9. The van der Waals surface area contributed by atoms with Gasteiger partial charge in [0.15, 0.2) is 10.8 Å². The van der Waals surface area contributed by atoms with Gasteiger partial charge in [-0.05, 0) is 11.6 Å². The number of carbonyl (C=O) groups is 2. The summed E-state index contributed by atoms with van der Waals surface area (Å²) in [4.78, 5) is 29.7. The molecule has 0 aliphatic rings. The minimum atomic E-state index is -0.324. The Morgan fingerprint density at radius 2 is 2.00 bits per heavy atom. The number of hydrogen-bond acceptors (Lipinski definition) is 6. The van der Waals surface area contributed by atoms with Gasteiger partial charge < -0.3 is 10.6 Å². The van der Waals surface area contributed by atoms with Crippen molar-refractivity contribution < 1.29 is 9.59 Å². The third kappa shape index (κ3) is 3.35. The first kappa shape index (κ1) is 16.4. The molecule has 130 valence electrons. The first-order valence-electron chi connectivity index (χ1n) is 7.71. The van der Waals surface area contributed by atoms with Crippen molar-refractivity contribution in [2.45, 2.75) is 6.54 Å². The monoisotopic (exact) mass is 383 g/mol. The quantitative estimate of drug-likeness (QED) is 0.492. The van der Waals surface area contributed by atoms with E-state index in [2.05, 4.69) is 25.8 Å². The van der Waals surface area contributed by atoms with Crippen molar-refractivity contribution >= 4 is 50.5 Å². The van der Waals surface area contributed by atoms with Gasteiger partial charge in [0.25, 0.3) is 11.8 Å². The van der Waals surface area contributed by atoms with Crippen LogP contribution in [-0.2, 0) is 6.54 Å². The largest absolute Gasteiger partial charge is 0.347 e. The van der Waals surface area contributed by atoms with E-state index < -0.39 is 0 Å². The number of carbonyl (C=O) groups excluding carboxylic acids is 2. The van der Waals surface area contributed by atoms with Crippen molar-refractivity contribution in [2.75, 3.05) is 5.32 Å². The predicted octanol–water partition coefficient (Wildman–Crippen LogP) is 3.26. The maximum atomic E-state index is 12.4. The predicted molar refractivity (Wildman–Crippen MR) is 102 cm³/mol. The number of nitrogens with zero attached hydrogens (tertiary/aromatic N) is 2. The molecule has 9 heteroatoms. The van der Waals surface area contributed by atoms with Crippen molar-refractivity contribution in [1.29, 1.82) is 0 Å². The average molecular weight is 383 g/mol. The number of amides is 2. The van der Waals surface area contributed by atoms with E-state index in [-0.39, 0.29) is 11.8 Å². The molecule has 26 heavy (non-hydrogen) atoms. The fraction of sp³-hybridized carbons (Fsp3) is 0.0588. The van der Waals surface area contributed by atoms with Crippen molar-refractivity contribution in [1.82, 2.24) is 20.5 Å². The van der Waals surface area contributed by atoms with E-state index in [0.717, 1.165) is 10.4 Å². The molecule has 3 heterocycles. The highest BCUT2D eigenvalue weighted by molar-refractivity contribution is 7.20. The molecule has 0 radical (unpaired) electrons. The van der Waals surface area contributed by atoms with Gasteiger partial charge in [-0.15, -0.1) is 22.7 Å². The molecule has 0 unspecified atom stereocenters. The number of anilines is 1. The van der Waals surface area contributed by atoms with Gasteiger partial charge in [-0.3, -0.25) is 14.7 Å². The van der Waals surface area contributed by atoms with Gasteiger partial charge in [-0.25, -0.2) is 4.98 Å². The summed E-state index contributed by atoms with van der Waals surface area (Å²) in [5.74, 6) is -0.103. The average Bonchev–Trinajstić information content (AvgIpc) is 3.39. The van der Waals surface area contributed by atoms with Crippen LogP contribution in [0, 0.1) is 0 Å². The Hall–Kier alpha value is -3.04. The summed E-state index contributed by atoms with van der Waals surface area (Å²) in [6.45, 7) is 0.456. The lowest BCUT2D eigenvalue weighted by molar-refractivity contribution is 0.0954. The van der Waals surface area contributed by atoms with Gasteiger partial charge in [-0.1, -0.05) is 30.3 Å². The molecule has 0 atom stereocenters. The Balaban J connectivity index is 1.48. The molecule has 1 aromatic carbocycles. The third-order valence-corrected chi connectivity index (χ3v) is 5.44. The SMILES string of the molecule is O=C(NCc1ccccc1)c1cc2c(NC(=O)c3nccs3)n[nH]c2s1. The van der Waals surface area contributed by atoms with E-state index in [1.807, 2.05) is 30.3 Å². The fourth-order valence-corrected chi connectivity index (χ4v) is 3.83. The van der Waals surface area contributed by atoms with Crippen molar-refractivity contribution in [3.05, 3.63) is 63.4 Å². The molecular formula is C17H13N5O2S2. The zero-order valence-electron chi connectivity index (χ0n) is 13.4. The van der Waals surface area contributed by atoms with Crippen LogP contribution in [0.1, 0.15) is 25.0 Å². The highest BCUT2D eigenvalue weighted by Crippen LogP contribution is 2.29. The Bertz CT molecular complexity index is 1050. The van der Waals surface area contributed by atoms with E-state index in [1.165, 1.54) is 22.7 Å². The summed E-state index contributed by atoms with van der Waals surface area (Å²) < 4.78 is 0. The van der Waals surface area contributed by atoms with Crippen LogP contribution in [-0.4, -0.2) is 27.0 Å². The van der Waals surface area contributed by atoms with Crippen LogP contribution in [0.3, 0.4) is 0 Å². The Morgan fingerprint density at radius 3 is 2.77 bits per heavy atom. The van der Waals surface area contributed by atoms with Crippen molar-refractivity contribution in [2.24, 2.45) is 0 Å². The van der Waals surface area contributed by atoms with E-state index in [9.17, 15) is 9.59 Å². The summed E-state index contributed by atoms with van der Waals surface area (Å²) in [5, 5.41) is 15.3. The number of thiazole rings is 1. The Kier molecular flexibility index (Phi) is 4.46. The first-order chi connectivity index (χ1) is 12.7. The number of hydrogen-bond donors (Lipinski definition) is 3. The number of benzene rings is 1. The molecule has 7 nitrogen and oxygen atoms in total. The van der Waals surface area contributed by atoms with Crippen LogP contribution < -0.4 is 10.6 Å². The smallest absolute Gasteiger partial charge is 0.285 e. The molecule has 0 bridgehead atoms. The standard InChI is InChI=1S/C17H13N5O2S2/c23-14(19-9-10-4-2-1-3-5-10)12-8-11-13(21-22-16(11)26-12)20-15(24)17-18-6-7-25-17/h1-8H,9H2,(H,19,23)(H2,20,21,22,24). The highest BCUT2D eigenvalue weighted by Gasteiger charge is 2.17. The zero-order valence-corrected chi connectivity index (χ0v) is 15.0. The topological polar surface area (TPSA) is 99.8 Å². The molecule has 4 rings (SSSR count). The summed E-state index contributed by atoms with van der Waals surface area (Å²) in [6.07, 6.45) is 1.57. The molecule has 2 amide bonds. The normalized spacial score (nSPS) is 10.8. The second kappa shape index (κ2) is 7.06. The van der Waals surface area contributed by atoms with Gasteiger partial charge >= 0.3 is 0 Å². The lowest BCUT2D eigenvalue weighted by Crippen LogP contribution is -2.21. The molecule has 3 N–H and O–H groups in total. The Labute approximate surface area is 156 Å². The van der Waals surface area contributed by atoms with E-state index in [0.29, 0.717) is 27.6 Å². The number of fused-ring (bicyclic) bond motifs is 1. The van der Waals surface area contributed by atoms with E-state index in [4.69, 9.17) is 0 Å². The maximum absolute atomic E-state index is 12.4. The lowest BCUT2D eigenvalue weighted by Gasteiger charge is -2.03. The van der Waals surface area contributed by atoms with Gasteiger partial charge in [0.1, 0.15) is 4.83 Å². The highest BCUT2D eigenvalue weighted by atomic mass is 32.1. The molecular weight excluding hydrogens is 370 g/mol. The molecule has 0 saturated heterocycles. The van der Waals surface area contributed by atoms with Gasteiger partial charge in [0.05, 0.1) is 10.3 Å². The summed E-state index contributed by atoms with van der Waals surface area (Å²) in [5.41, 5.74) is 1.03. The van der Waals surface area contributed by atoms with Crippen LogP contribution in [0.25, 0.3) is 10.2 Å². The third-order valence-electron chi connectivity index (χ3n) is 3.63. The Morgan fingerprint density at radius 1 is 1.15 bits per heavy atom. The number of thiophene rings is 1. The van der Waals surface area contributed by atoms with Gasteiger partial charge in [0, 0.05) is 18.1 Å². The molecule has 4 aromatic rings. The number of aromatic amines is 1. The molecule has 3 aromatic heterocycles. The van der Waals surface area contributed by atoms with E-state index in [1.54, 1.807) is 17.6 Å². The number of nitrogens with one attached hydrogen (secondary N) is 3. The van der Waals surface area contributed by atoms with Crippen LogP contribution in [0.4, 0.5) is 5.82 Å². The van der Waals surface area contributed by atoms with Gasteiger partial charge in [0.2, 0.25) is 0 Å². The maximum Gasteiger partial charge on any atom is 0.285 e. The minimum Gasteiger partial charge on any atom is -0.347 e. The van der Waals surface area contributed by atoms with Crippen LogP contribution in [0.2, 0.25) is 0 Å². The van der Waals surface area contributed by atoms with Gasteiger partial charge in [-0.2, -0.15) is 5.10 Å². The van der Waals surface area contributed by atoms with Crippen molar-refractivity contribution in [3.63, 3.8) is 0 Å². The molecule has 0 fully saturated rings. The second-order valence-electron chi connectivity index (χ2n) is 5.39. The number of rotatable bonds is 5. The molecule has 0 aliphatic heterocycles. The first-order valence-corrected chi connectivity index (χ1v) is 9.41. The second-order valence-corrected chi connectivity index (χ2v) is 7.33.